The number of nitro benzene ring substituents is 1. The molecule has 1 fully saturated rings. The molecule has 2 rings (SSSR count). The highest BCUT2D eigenvalue weighted by Crippen LogP contribution is 2.25. The zero-order chi connectivity index (χ0) is 16.1. The van der Waals surface area contributed by atoms with Gasteiger partial charge in [-0.15, -0.1) is 0 Å². The first-order valence-corrected chi connectivity index (χ1v) is 7.44. The number of hydrogen-bond acceptors (Lipinski definition) is 4. The molecule has 0 saturated heterocycles. The van der Waals surface area contributed by atoms with E-state index in [2.05, 4.69) is 10.6 Å². The molecule has 0 bridgehead atoms. The summed E-state index contributed by atoms with van der Waals surface area (Å²) < 4.78 is 0. The quantitative estimate of drug-likeness (QED) is 0.587. The van der Waals surface area contributed by atoms with E-state index < -0.39 is 4.92 Å². The number of hydrogen-bond donors (Lipinski definition) is 3. The number of aliphatic hydroxyl groups is 1. The van der Waals surface area contributed by atoms with Gasteiger partial charge in [0.1, 0.15) is 0 Å². The van der Waals surface area contributed by atoms with Gasteiger partial charge in [0.25, 0.3) is 5.69 Å². The van der Waals surface area contributed by atoms with Crippen molar-refractivity contribution in [3.63, 3.8) is 0 Å². The molecule has 2 amide bonds. The van der Waals surface area contributed by atoms with E-state index in [1.807, 2.05) is 0 Å². The number of anilines is 1. The minimum absolute atomic E-state index is 0.00363. The number of nitrogens with one attached hydrogen (secondary N) is 2. The van der Waals surface area contributed by atoms with E-state index >= 15 is 0 Å². The molecule has 1 aromatic carbocycles. The highest BCUT2D eigenvalue weighted by atomic mass is 16.6. The van der Waals surface area contributed by atoms with Gasteiger partial charge >= 0.3 is 6.03 Å². The molecule has 0 aliphatic heterocycles. The Morgan fingerprint density at radius 3 is 2.77 bits per heavy atom. The van der Waals surface area contributed by atoms with Gasteiger partial charge in [0.15, 0.2) is 0 Å². The standard InChI is InChI=1S/C15H21N3O4/c1-10-8-12(18(21)22)6-7-13(10)16-15(20)17-14-5-3-2-4-11(14)9-19/h6-8,11,14,19H,2-5,9H2,1H3,(H2,16,17,20). The van der Waals surface area contributed by atoms with Gasteiger partial charge in [0, 0.05) is 36.4 Å². The van der Waals surface area contributed by atoms with E-state index in [-0.39, 0.29) is 30.3 Å². The van der Waals surface area contributed by atoms with E-state index in [0.717, 1.165) is 25.7 Å². The minimum Gasteiger partial charge on any atom is -0.396 e. The van der Waals surface area contributed by atoms with Crippen LogP contribution < -0.4 is 10.6 Å². The van der Waals surface area contributed by atoms with E-state index in [9.17, 15) is 20.0 Å². The number of carbonyl (C=O) groups excluding carboxylic acids is 1. The average Bonchev–Trinajstić information content (AvgIpc) is 2.49. The van der Waals surface area contributed by atoms with Crippen molar-refractivity contribution in [2.75, 3.05) is 11.9 Å². The third-order valence-electron chi connectivity index (χ3n) is 4.13. The van der Waals surface area contributed by atoms with Crippen LogP contribution in [0.4, 0.5) is 16.2 Å². The lowest BCUT2D eigenvalue weighted by molar-refractivity contribution is -0.384. The SMILES string of the molecule is Cc1cc([N+](=O)[O-])ccc1NC(=O)NC1CCCCC1CO. The Balaban J connectivity index is 1.98. The highest BCUT2D eigenvalue weighted by Gasteiger charge is 2.25. The average molecular weight is 307 g/mol. The summed E-state index contributed by atoms with van der Waals surface area (Å²) in [5, 5.41) is 25.7. The van der Waals surface area contributed by atoms with Gasteiger partial charge in [-0.25, -0.2) is 4.79 Å². The Morgan fingerprint density at radius 1 is 1.41 bits per heavy atom. The van der Waals surface area contributed by atoms with Crippen molar-refractivity contribution < 1.29 is 14.8 Å². The second kappa shape index (κ2) is 7.22. The normalized spacial score (nSPS) is 21.2. The van der Waals surface area contributed by atoms with Crippen LogP contribution >= 0.6 is 0 Å². The van der Waals surface area contributed by atoms with E-state index in [0.29, 0.717) is 11.3 Å². The summed E-state index contributed by atoms with van der Waals surface area (Å²) in [5.41, 5.74) is 1.17. The zero-order valence-corrected chi connectivity index (χ0v) is 12.5. The Morgan fingerprint density at radius 2 is 2.14 bits per heavy atom. The third-order valence-corrected chi connectivity index (χ3v) is 4.13. The van der Waals surface area contributed by atoms with Crippen LogP contribution in [-0.4, -0.2) is 28.7 Å². The van der Waals surface area contributed by atoms with Crippen LogP contribution in [0.3, 0.4) is 0 Å². The second-order valence-corrected chi connectivity index (χ2v) is 5.69. The third kappa shape index (κ3) is 3.94. The highest BCUT2D eigenvalue weighted by molar-refractivity contribution is 5.90. The number of aliphatic hydroxyl groups excluding tert-OH is 1. The lowest BCUT2D eigenvalue weighted by Gasteiger charge is -2.30. The second-order valence-electron chi connectivity index (χ2n) is 5.69. The molecule has 0 radical (unpaired) electrons. The van der Waals surface area contributed by atoms with Crippen LogP contribution in [0.15, 0.2) is 18.2 Å². The van der Waals surface area contributed by atoms with Crippen LogP contribution in [0.1, 0.15) is 31.2 Å². The van der Waals surface area contributed by atoms with E-state index in [1.54, 1.807) is 6.92 Å². The molecule has 120 valence electrons. The number of aryl methyl sites for hydroxylation is 1. The van der Waals surface area contributed by atoms with Gasteiger partial charge in [0.2, 0.25) is 0 Å². The topological polar surface area (TPSA) is 105 Å². The molecule has 3 N–H and O–H groups in total. The molecule has 1 saturated carbocycles. The number of rotatable bonds is 4. The first-order valence-electron chi connectivity index (χ1n) is 7.44. The maximum absolute atomic E-state index is 12.1. The predicted molar refractivity (Wildman–Crippen MR) is 82.8 cm³/mol. The number of benzene rings is 1. The summed E-state index contributed by atoms with van der Waals surface area (Å²) in [5.74, 6) is 0.0949. The van der Waals surface area contributed by atoms with Crippen molar-refractivity contribution in [3.05, 3.63) is 33.9 Å². The minimum atomic E-state index is -0.468. The molecule has 1 aromatic rings. The van der Waals surface area contributed by atoms with Gasteiger partial charge < -0.3 is 15.7 Å². The molecule has 1 aliphatic rings. The van der Waals surface area contributed by atoms with Crippen molar-refractivity contribution in [2.45, 2.75) is 38.6 Å². The molecular formula is C15H21N3O4. The van der Waals surface area contributed by atoms with Crippen LogP contribution in [0.5, 0.6) is 0 Å². The molecule has 0 heterocycles. The van der Waals surface area contributed by atoms with Gasteiger partial charge in [-0.1, -0.05) is 12.8 Å². The molecule has 2 unspecified atom stereocenters. The predicted octanol–water partition coefficient (Wildman–Crippen LogP) is 2.58. The van der Waals surface area contributed by atoms with Crippen molar-refractivity contribution in [1.29, 1.82) is 0 Å². The maximum atomic E-state index is 12.1. The van der Waals surface area contributed by atoms with E-state index in [1.165, 1.54) is 18.2 Å². The van der Waals surface area contributed by atoms with Crippen LogP contribution in [-0.2, 0) is 0 Å². The van der Waals surface area contributed by atoms with Gasteiger partial charge in [-0.2, -0.15) is 0 Å². The molecule has 1 aliphatic carbocycles. The summed E-state index contributed by atoms with van der Waals surface area (Å²) in [6.07, 6.45) is 3.89. The Kier molecular flexibility index (Phi) is 5.32. The van der Waals surface area contributed by atoms with Crippen molar-refractivity contribution >= 4 is 17.4 Å². The Labute approximate surface area is 128 Å². The molecule has 22 heavy (non-hydrogen) atoms. The van der Waals surface area contributed by atoms with Crippen molar-refractivity contribution in [1.82, 2.24) is 5.32 Å². The maximum Gasteiger partial charge on any atom is 0.319 e. The number of urea groups is 1. The molecule has 7 heteroatoms. The van der Waals surface area contributed by atoms with Crippen molar-refractivity contribution in [2.24, 2.45) is 5.92 Å². The number of nitrogens with zero attached hydrogens (tertiary/aromatic N) is 1. The first kappa shape index (κ1) is 16.2. The fourth-order valence-corrected chi connectivity index (χ4v) is 2.84. The molecule has 2 atom stereocenters. The van der Waals surface area contributed by atoms with Crippen LogP contribution in [0, 0.1) is 23.0 Å². The number of amides is 2. The Hall–Kier alpha value is -2.15. The lowest BCUT2D eigenvalue weighted by Crippen LogP contribution is -2.45. The van der Waals surface area contributed by atoms with Gasteiger partial charge in [-0.05, 0) is 31.4 Å². The molecule has 0 spiro atoms. The lowest BCUT2D eigenvalue weighted by atomic mass is 9.85. The number of nitro groups is 1. The summed E-state index contributed by atoms with van der Waals surface area (Å²) in [7, 11) is 0. The molecule has 0 aromatic heterocycles. The van der Waals surface area contributed by atoms with Crippen LogP contribution in [0.2, 0.25) is 0 Å². The molecule has 7 nitrogen and oxygen atoms in total. The largest absolute Gasteiger partial charge is 0.396 e. The van der Waals surface area contributed by atoms with E-state index in [4.69, 9.17) is 0 Å². The monoisotopic (exact) mass is 307 g/mol. The fraction of sp³-hybridized carbons (Fsp3) is 0.533. The fourth-order valence-electron chi connectivity index (χ4n) is 2.84. The molecular weight excluding hydrogens is 286 g/mol. The Bertz CT molecular complexity index is 562. The van der Waals surface area contributed by atoms with Crippen LogP contribution in [0.25, 0.3) is 0 Å². The number of carbonyl (C=O) groups is 1. The summed E-state index contributed by atoms with van der Waals surface area (Å²) >= 11 is 0. The summed E-state index contributed by atoms with van der Waals surface area (Å²) in [6.45, 7) is 1.78. The zero-order valence-electron chi connectivity index (χ0n) is 12.5. The first-order chi connectivity index (χ1) is 10.5. The summed E-state index contributed by atoms with van der Waals surface area (Å²) in [4.78, 5) is 22.3. The van der Waals surface area contributed by atoms with Crippen molar-refractivity contribution in [3.8, 4) is 0 Å². The number of non-ortho nitro benzene ring substituents is 1. The smallest absolute Gasteiger partial charge is 0.319 e. The van der Waals surface area contributed by atoms with Gasteiger partial charge in [-0.3, -0.25) is 10.1 Å². The summed E-state index contributed by atoms with van der Waals surface area (Å²) in [6, 6.07) is 3.93. The van der Waals surface area contributed by atoms with Gasteiger partial charge in [0.05, 0.1) is 4.92 Å².